The fraction of sp³-hybridized carbons (Fsp3) is 0.273. The molecule has 2 atom stereocenters. The summed E-state index contributed by atoms with van der Waals surface area (Å²) in [6, 6.07) is 18.6. The van der Waals surface area contributed by atoms with E-state index in [2.05, 4.69) is 47.7 Å². The van der Waals surface area contributed by atoms with Crippen molar-refractivity contribution in [1.82, 2.24) is 15.1 Å². The molecule has 26 heavy (non-hydrogen) atoms. The zero-order valence-electron chi connectivity index (χ0n) is 15.1. The number of rotatable bonds is 4. The molecule has 0 saturated heterocycles. The van der Waals surface area contributed by atoms with Gasteiger partial charge in [-0.25, -0.2) is 0 Å². The molecule has 1 aliphatic carbocycles. The van der Waals surface area contributed by atoms with Crippen LogP contribution < -0.4 is 5.32 Å². The first kappa shape index (κ1) is 16.6. The molecule has 0 bridgehead atoms. The molecule has 0 aliphatic heterocycles. The van der Waals surface area contributed by atoms with Gasteiger partial charge in [0.15, 0.2) is 0 Å². The number of benzene rings is 2. The molecule has 2 unspecified atom stereocenters. The summed E-state index contributed by atoms with van der Waals surface area (Å²) in [5, 5.41) is 7.55. The first-order chi connectivity index (χ1) is 12.6. The van der Waals surface area contributed by atoms with E-state index in [1.54, 1.807) is 10.9 Å². The molecule has 3 aromatic rings. The highest BCUT2D eigenvalue weighted by Gasteiger charge is 2.30. The van der Waals surface area contributed by atoms with Gasteiger partial charge in [-0.2, -0.15) is 5.10 Å². The zero-order valence-corrected chi connectivity index (χ0v) is 15.1. The van der Waals surface area contributed by atoms with Gasteiger partial charge in [-0.1, -0.05) is 61.5 Å². The Morgan fingerprint density at radius 2 is 1.81 bits per heavy atom. The van der Waals surface area contributed by atoms with Crippen molar-refractivity contribution in [2.75, 3.05) is 0 Å². The number of nitrogens with zero attached hydrogens (tertiary/aromatic N) is 2. The van der Waals surface area contributed by atoms with E-state index in [-0.39, 0.29) is 11.9 Å². The lowest BCUT2D eigenvalue weighted by Gasteiger charge is -2.15. The number of fused-ring (bicyclic) bond motifs is 1. The van der Waals surface area contributed by atoms with Gasteiger partial charge in [-0.3, -0.25) is 9.48 Å². The number of carbonyl (C=O) groups is 1. The van der Waals surface area contributed by atoms with Crippen LogP contribution in [0.5, 0.6) is 0 Å². The van der Waals surface area contributed by atoms with Crippen LogP contribution in [0.1, 0.15) is 58.0 Å². The minimum Gasteiger partial charge on any atom is -0.345 e. The number of carbonyl (C=O) groups excluding carboxylic acids is 1. The highest BCUT2D eigenvalue weighted by molar-refractivity contribution is 5.95. The number of nitrogens with one attached hydrogen (secondary N) is 1. The van der Waals surface area contributed by atoms with Crippen molar-refractivity contribution >= 4 is 5.91 Å². The second kappa shape index (κ2) is 6.79. The molecule has 0 fully saturated rings. The second-order valence-electron chi connectivity index (χ2n) is 7.08. The molecule has 1 aromatic heterocycles. The molecule has 0 radical (unpaired) electrons. The average molecular weight is 345 g/mol. The number of aryl methyl sites for hydroxylation is 1. The zero-order chi connectivity index (χ0) is 18.1. The van der Waals surface area contributed by atoms with E-state index < -0.39 is 0 Å². The Hall–Kier alpha value is -2.88. The van der Waals surface area contributed by atoms with E-state index in [0.717, 1.165) is 12.1 Å². The Kier molecular flexibility index (Phi) is 4.33. The van der Waals surface area contributed by atoms with E-state index >= 15 is 0 Å². The van der Waals surface area contributed by atoms with Crippen LogP contribution in [0.4, 0.5) is 0 Å². The first-order valence-corrected chi connectivity index (χ1v) is 9.08. The van der Waals surface area contributed by atoms with E-state index in [1.165, 1.54) is 16.7 Å². The molecule has 4 heteroatoms. The maximum Gasteiger partial charge on any atom is 0.255 e. The van der Waals surface area contributed by atoms with Gasteiger partial charge in [-0.05, 0) is 29.0 Å². The van der Waals surface area contributed by atoms with Gasteiger partial charge in [0.25, 0.3) is 5.91 Å². The monoisotopic (exact) mass is 345 g/mol. The molecule has 2 aromatic carbocycles. The standard InChI is InChI=1S/C22H23N3O/c1-15-12-20(18-11-7-6-10-17(15)18)24-22(26)19-14-23-25(2)21(19)13-16-8-4-3-5-9-16/h3-11,14-15,20H,12-13H2,1-2H3,(H,24,26). The van der Waals surface area contributed by atoms with Crippen LogP contribution in [0.3, 0.4) is 0 Å². The third-order valence-corrected chi connectivity index (χ3v) is 5.32. The summed E-state index contributed by atoms with van der Waals surface area (Å²) in [7, 11) is 1.89. The molecular formula is C22H23N3O. The van der Waals surface area contributed by atoms with Gasteiger partial charge >= 0.3 is 0 Å². The summed E-state index contributed by atoms with van der Waals surface area (Å²) in [5.41, 5.74) is 5.35. The maximum absolute atomic E-state index is 13.0. The van der Waals surface area contributed by atoms with Crippen LogP contribution in [-0.4, -0.2) is 15.7 Å². The highest BCUT2D eigenvalue weighted by Crippen LogP contribution is 2.39. The van der Waals surface area contributed by atoms with Crippen molar-refractivity contribution in [3.05, 3.63) is 88.7 Å². The lowest BCUT2D eigenvalue weighted by atomic mass is 10.0. The molecular weight excluding hydrogens is 322 g/mol. The van der Waals surface area contributed by atoms with Crippen LogP contribution in [0.2, 0.25) is 0 Å². The summed E-state index contributed by atoms with van der Waals surface area (Å²) >= 11 is 0. The van der Waals surface area contributed by atoms with Gasteiger partial charge in [0, 0.05) is 13.5 Å². The number of amides is 1. The molecule has 1 aliphatic rings. The molecule has 0 spiro atoms. The summed E-state index contributed by atoms with van der Waals surface area (Å²) in [6.07, 6.45) is 3.31. The second-order valence-corrected chi connectivity index (χ2v) is 7.08. The summed E-state index contributed by atoms with van der Waals surface area (Å²) in [6.45, 7) is 2.22. The van der Waals surface area contributed by atoms with Crippen molar-refractivity contribution in [3.8, 4) is 0 Å². The quantitative estimate of drug-likeness (QED) is 0.777. The van der Waals surface area contributed by atoms with Gasteiger partial charge in [0.1, 0.15) is 0 Å². The molecule has 4 nitrogen and oxygen atoms in total. The average Bonchev–Trinajstić information content (AvgIpc) is 3.17. The predicted molar refractivity (Wildman–Crippen MR) is 102 cm³/mol. The lowest BCUT2D eigenvalue weighted by Crippen LogP contribution is -2.28. The normalized spacial score (nSPS) is 18.5. The fourth-order valence-electron chi connectivity index (χ4n) is 3.91. The Labute approximate surface area is 153 Å². The molecule has 4 rings (SSSR count). The molecule has 1 heterocycles. The van der Waals surface area contributed by atoms with Crippen molar-refractivity contribution < 1.29 is 4.79 Å². The molecule has 1 amide bonds. The lowest BCUT2D eigenvalue weighted by molar-refractivity contribution is 0.0935. The first-order valence-electron chi connectivity index (χ1n) is 9.08. The maximum atomic E-state index is 13.0. The molecule has 1 N–H and O–H groups in total. The highest BCUT2D eigenvalue weighted by atomic mass is 16.1. The Balaban J connectivity index is 1.57. The van der Waals surface area contributed by atoms with E-state index in [0.29, 0.717) is 17.9 Å². The van der Waals surface area contributed by atoms with Crippen molar-refractivity contribution in [3.63, 3.8) is 0 Å². The summed E-state index contributed by atoms with van der Waals surface area (Å²) in [5.74, 6) is 0.423. The summed E-state index contributed by atoms with van der Waals surface area (Å²) in [4.78, 5) is 13.0. The SMILES string of the molecule is CC1CC(NC(=O)c2cnn(C)c2Cc2ccccc2)c2ccccc21. The number of aromatic nitrogens is 2. The Morgan fingerprint density at radius 3 is 2.58 bits per heavy atom. The van der Waals surface area contributed by atoms with E-state index in [4.69, 9.17) is 0 Å². The van der Waals surface area contributed by atoms with Crippen LogP contribution in [0.25, 0.3) is 0 Å². The Bertz CT molecular complexity index is 930. The van der Waals surface area contributed by atoms with Gasteiger partial charge < -0.3 is 5.32 Å². The van der Waals surface area contributed by atoms with Crippen LogP contribution >= 0.6 is 0 Å². The van der Waals surface area contributed by atoms with Gasteiger partial charge in [0.2, 0.25) is 0 Å². The van der Waals surface area contributed by atoms with Crippen molar-refractivity contribution in [2.24, 2.45) is 7.05 Å². The van der Waals surface area contributed by atoms with Crippen LogP contribution in [0, 0.1) is 0 Å². The minimum absolute atomic E-state index is 0.0436. The van der Waals surface area contributed by atoms with Gasteiger partial charge in [0.05, 0.1) is 23.5 Å². The molecule has 132 valence electrons. The third-order valence-electron chi connectivity index (χ3n) is 5.32. The van der Waals surface area contributed by atoms with Crippen molar-refractivity contribution in [2.45, 2.75) is 31.7 Å². The van der Waals surface area contributed by atoms with Crippen LogP contribution in [0.15, 0.2) is 60.8 Å². The fourth-order valence-corrected chi connectivity index (χ4v) is 3.91. The largest absolute Gasteiger partial charge is 0.345 e. The van der Waals surface area contributed by atoms with Crippen LogP contribution in [-0.2, 0) is 13.5 Å². The topological polar surface area (TPSA) is 46.9 Å². The van der Waals surface area contributed by atoms with Crippen molar-refractivity contribution in [1.29, 1.82) is 0 Å². The third kappa shape index (κ3) is 3.03. The van der Waals surface area contributed by atoms with Gasteiger partial charge in [-0.15, -0.1) is 0 Å². The summed E-state index contributed by atoms with van der Waals surface area (Å²) < 4.78 is 1.80. The predicted octanol–water partition coefficient (Wildman–Crippen LogP) is 3.99. The molecule has 0 saturated carbocycles. The van der Waals surface area contributed by atoms with E-state index in [1.807, 2.05) is 31.3 Å². The minimum atomic E-state index is -0.0436. The van der Waals surface area contributed by atoms with E-state index in [9.17, 15) is 4.79 Å². The Morgan fingerprint density at radius 1 is 1.12 bits per heavy atom. The smallest absolute Gasteiger partial charge is 0.255 e. The number of hydrogen-bond donors (Lipinski definition) is 1. The number of hydrogen-bond acceptors (Lipinski definition) is 2.